The van der Waals surface area contributed by atoms with E-state index in [1.165, 1.54) is 16.7 Å². The van der Waals surface area contributed by atoms with E-state index < -0.39 is 0 Å². The molecule has 0 atom stereocenters. The van der Waals surface area contributed by atoms with Crippen LogP contribution in [0.4, 0.5) is 11.5 Å². The lowest BCUT2D eigenvalue weighted by Crippen LogP contribution is -2.25. The van der Waals surface area contributed by atoms with Gasteiger partial charge in [0.2, 0.25) is 0 Å². The van der Waals surface area contributed by atoms with Crippen molar-refractivity contribution in [3.05, 3.63) is 38.5 Å². The van der Waals surface area contributed by atoms with Gasteiger partial charge in [-0.3, -0.25) is 9.78 Å². The van der Waals surface area contributed by atoms with E-state index in [1.807, 2.05) is 17.8 Å². The van der Waals surface area contributed by atoms with E-state index in [1.54, 1.807) is 0 Å². The highest BCUT2D eigenvalue weighted by atomic mass is 35.5. The summed E-state index contributed by atoms with van der Waals surface area (Å²) in [4.78, 5) is 2.27. The van der Waals surface area contributed by atoms with E-state index >= 15 is 0 Å². The zero-order chi connectivity index (χ0) is 14.4. The molecule has 1 aliphatic heterocycles. The van der Waals surface area contributed by atoms with Crippen LogP contribution in [0.1, 0.15) is 23.1 Å². The van der Waals surface area contributed by atoms with Gasteiger partial charge in [-0.25, -0.2) is 0 Å². The van der Waals surface area contributed by atoms with Crippen molar-refractivity contribution in [2.24, 2.45) is 7.05 Å². The van der Waals surface area contributed by atoms with Crippen LogP contribution < -0.4 is 4.90 Å². The Kier molecular flexibility index (Phi) is 3.38. The first-order valence-electron chi connectivity index (χ1n) is 6.81. The van der Waals surface area contributed by atoms with Crippen molar-refractivity contribution in [2.45, 2.75) is 26.7 Å². The minimum atomic E-state index is 0.804. The van der Waals surface area contributed by atoms with Crippen LogP contribution in [0.3, 0.4) is 0 Å². The average Bonchev–Trinajstić information content (AvgIpc) is 2.66. The normalized spacial score (nSPS) is 14.5. The van der Waals surface area contributed by atoms with Crippen LogP contribution >= 0.6 is 23.8 Å². The predicted octanol–water partition coefficient (Wildman–Crippen LogP) is 4.44. The highest BCUT2D eigenvalue weighted by molar-refractivity contribution is 7.71. The highest BCUT2D eigenvalue weighted by Crippen LogP contribution is 2.39. The molecule has 2 heterocycles. The zero-order valence-corrected chi connectivity index (χ0v) is 13.5. The first-order valence-corrected chi connectivity index (χ1v) is 7.60. The fourth-order valence-electron chi connectivity index (χ4n) is 3.03. The molecule has 0 radical (unpaired) electrons. The Morgan fingerprint density at radius 2 is 2.05 bits per heavy atom. The molecule has 3 nitrogen and oxygen atoms in total. The minimum absolute atomic E-state index is 0.804. The summed E-state index contributed by atoms with van der Waals surface area (Å²) < 4.78 is 2.81. The van der Waals surface area contributed by atoms with Crippen LogP contribution in [0, 0.1) is 18.5 Å². The van der Waals surface area contributed by atoms with Crippen LogP contribution in [0.25, 0.3) is 0 Å². The van der Waals surface area contributed by atoms with Crippen LogP contribution in [0.15, 0.2) is 12.1 Å². The number of hydrogen-bond acceptors (Lipinski definition) is 2. The topological polar surface area (TPSA) is 24.0 Å². The number of fused-ring (bicyclic) bond motifs is 1. The molecular weight excluding hydrogens is 290 g/mol. The van der Waals surface area contributed by atoms with E-state index in [4.69, 9.17) is 23.8 Å². The van der Waals surface area contributed by atoms with Gasteiger partial charge in [-0.15, -0.1) is 0 Å². The summed E-state index contributed by atoms with van der Waals surface area (Å²) in [5.74, 6) is 1.10. The van der Waals surface area contributed by atoms with Crippen molar-refractivity contribution in [3.8, 4) is 0 Å². The maximum absolute atomic E-state index is 6.49. The number of nitrogens with one attached hydrogen (secondary N) is 1. The van der Waals surface area contributed by atoms with Crippen LogP contribution in [-0.2, 0) is 13.5 Å². The van der Waals surface area contributed by atoms with Crippen LogP contribution in [-0.4, -0.2) is 16.3 Å². The largest absolute Gasteiger partial charge is 0.325 e. The quantitative estimate of drug-likeness (QED) is 0.788. The Labute approximate surface area is 129 Å². The smallest absolute Gasteiger partial charge is 0.131 e. The summed E-state index contributed by atoms with van der Waals surface area (Å²) in [7, 11) is 1.96. The van der Waals surface area contributed by atoms with Gasteiger partial charge < -0.3 is 4.90 Å². The molecule has 0 bridgehead atoms. The summed E-state index contributed by atoms with van der Waals surface area (Å²) in [5, 5.41) is 4.17. The van der Waals surface area contributed by atoms with Gasteiger partial charge in [0.05, 0.1) is 10.7 Å². The van der Waals surface area contributed by atoms with Gasteiger partial charge in [0.1, 0.15) is 10.5 Å². The number of hydrogen-bond donors (Lipinski definition) is 1. The molecule has 0 aliphatic carbocycles. The second-order valence-corrected chi connectivity index (χ2v) is 6.26. The van der Waals surface area contributed by atoms with Crippen molar-refractivity contribution in [3.63, 3.8) is 0 Å². The Hall–Kier alpha value is -1.26. The van der Waals surface area contributed by atoms with Crippen molar-refractivity contribution < 1.29 is 0 Å². The first-order chi connectivity index (χ1) is 9.49. The highest BCUT2D eigenvalue weighted by Gasteiger charge is 2.25. The molecule has 0 spiro atoms. The molecule has 1 aromatic carbocycles. The standard InChI is InChI=1S/C15H18ClN3S/c1-9-7-10(2)13(12(16)8-9)19-6-4-5-11-14(19)17-18(3)15(11)20/h7-8,17H,4-6H2,1-3H3. The summed E-state index contributed by atoms with van der Waals surface area (Å²) >= 11 is 12.0. The Morgan fingerprint density at radius 3 is 2.75 bits per heavy atom. The zero-order valence-electron chi connectivity index (χ0n) is 12.0. The van der Waals surface area contributed by atoms with Crippen LogP contribution in [0.2, 0.25) is 5.02 Å². The number of anilines is 2. The fraction of sp³-hybridized carbons (Fsp3) is 0.400. The molecule has 0 unspecified atom stereocenters. The molecule has 1 N–H and O–H groups in total. The summed E-state index contributed by atoms with van der Waals surface area (Å²) in [6, 6.07) is 4.20. The average molecular weight is 308 g/mol. The van der Waals surface area contributed by atoms with Gasteiger partial charge in [0, 0.05) is 19.2 Å². The van der Waals surface area contributed by atoms with E-state index in [2.05, 4.69) is 29.9 Å². The molecule has 20 heavy (non-hydrogen) atoms. The van der Waals surface area contributed by atoms with E-state index in [-0.39, 0.29) is 0 Å². The molecule has 1 aromatic heterocycles. The SMILES string of the molecule is Cc1cc(C)c(N2CCCc3c2[nH]n(C)c3=S)c(Cl)c1. The van der Waals surface area contributed by atoms with E-state index in [0.29, 0.717) is 0 Å². The maximum Gasteiger partial charge on any atom is 0.131 e. The molecular formula is C15H18ClN3S. The fourth-order valence-corrected chi connectivity index (χ4v) is 3.70. The van der Waals surface area contributed by atoms with Gasteiger partial charge in [-0.2, -0.15) is 0 Å². The second-order valence-electron chi connectivity index (χ2n) is 5.47. The number of aromatic nitrogens is 2. The number of aryl methyl sites for hydroxylation is 3. The lowest BCUT2D eigenvalue weighted by atomic mass is 10.0. The number of nitrogens with zero attached hydrogens (tertiary/aromatic N) is 2. The predicted molar refractivity (Wildman–Crippen MR) is 86.9 cm³/mol. The molecule has 5 heteroatoms. The number of benzene rings is 1. The van der Waals surface area contributed by atoms with Gasteiger partial charge in [0.25, 0.3) is 0 Å². The Bertz CT molecular complexity index is 706. The minimum Gasteiger partial charge on any atom is -0.325 e. The lowest BCUT2D eigenvalue weighted by Gasteiger charge is -2.30. The van der Waals surface area contributed by atoms with E-state index in [9.17, 15) is 0 Å². The Morgan fingerprint density at radius 1 is 1.30 bits per heavy atom. The summed E-state index contributed by atoms with van der Waals surface area (Å²) in [6.45, 7) is 5.15. The third-order valence-corrected chi connectivity index (χ3v) is 4.68. The van der Waals surface area contributed by atoms with E-state index in [0.717, 1.165) is 40.6 Å². The molecule has 106 valence electrons. The van der Waals surface area contributed by atoms with Gasteiger partial charge >= 0.3 is 0 Å². The molecule has 0 saturated carbocycles. The van der Waals surface area contributed by atoms with Crippen molar-refractivity contribution >= 4 is 35.3 Å². The summed E-state index contributed by atoms with van der Waals surface area (Å²) in [5.41, 5.74) is 4.71. The number of rotatable bonds is 1. The molecule has 0 amide bonds. The molecule has 1 aliphatic rings. The lowest BCUT2D eigenvalue weighted by molar-refractivity contribution is 0.739. The monoisotopic (exact) mass is 307 g/mol. The molecule has 2 aromatic rings. The van der Waals surface area contributed by atoms with Crippen LogP contribution in [0.5, 0.6) is 0 Å². The van der Waals surface area contributed by atoms with Gasteiger partial charge in [0.15, 0.2) is 0 Å². The Balaban J connectivity index is 2.19. The first kappa shape index (κ1) is 13.7. The molecule has 3 rings (SSSR count). The van der Waals surface area contributed by atoms with Crippen molar-refractivity contribution in [1.82, 2.24) is 9.78 Å². The van der Waals surface area contributed by atoms with Gasteiger partial charge in [-0.1, -0.05) is 29.9 Å². The second kappa shape index (κ2) is 4.93. The third-order valence-electron chi connectivity index (χ3n) is 3.87. The van der Waals surface area contributed by atoms with Crippen molar-refractivity contribution in [2.75, 3.05) is 11.4 Å². The number of H-pyrrole nitrogens is 1. The third kappa shape index (κ3) is 2.07. The number of halogens is 1. The summed E-state index contributed by atoms with van der Waals surface area (Å²) in [6.07, 6.45) is 2.13. The molecule has 0 saturated heterocycles. The number of aromatic amines is 1. The van der Waals surface area contributed by atoms with Crippen molar-refractivity contribution in [1.29, 1.82) is 0 Å². The molecule has 0 fully saturated rings. The van der Waals surface area contributed by atoms with Gasteiger partial charge in [-0.05, 0) is 43.9 Å². The maximum atomic E-state index is 6.49.